The van der Waals surface area contributed by atoms with Crippen LogP contribution in [-0.2, 0) is 0 Å². The van der Waals surface area contributed by atoms with E-state index in [-0.39, 0.29) is 0 Å². The Labute approximate surface area is 55.0 Å². The van der Waals surface area contributed by atoms with Crippen molar-refractivity contribution >= 4 is 12.1 Å². The van der Waals surface area contributed by atoms with Crippen molar-refractivity contribution in [3.05, 3.63) is 0 Å². The van der Waals surface area contributed by atoms with Crippen molar-refractivity contribution in [2.24, 2.45) is 10.2 Å². The highest BCUT2D eigenvalue weighted by atomic mass is 15.4. The summed E-state index contributed by atoms with van der Waals surface area (Å²) in [6, 6.07) is 0. The molecule has 0 radical (unpaired) electrons. The molecule has 0 aromatic rings. The molecular weight excluding hydrogens is 116 g/mol. The fourth-order valence-electron chi connectivity index (χ4n) is 0.351. The molecule has 2 N–H and O–H groups in total. The van der Waals surface area contributed by atoms with Crippen LogP contribution in [0.2, 0.25) is 0 Å². The van der Waals surface area contributed by atoms with Crippen LogP contribution in [0.5, 0.6) is 0 Å². The van der Waals surface area contributed by atoms with Crippen LogP contribution in [-0.4, -0.2) is 19.1 Å². The molecule has 0 atom stereocenters. The lowest BCUT2D eigenvalue weighted by Crippen LogP contribution is -2.16. The van der Waals surface area contributed by atoms with Crippen molar-refractivity contribution < 1.29 is 0 Å². The van der Waals surface area contributed by atoms with E-state index in [2.05, 4.69) is 21.1 Å². The first kappa shape index (κ1) is 7.94. The van der Waals surface area contributed by atoms with Gasteiger partial charge < -0.3 is 5.43 Å². The van der Waals surface area contributed by atoms with E-state index in [0.717, 1.165) is 5.84 Å². The topological polar surface area (TPSA) is 48.8 Å². The Hall–Kier alpha value is -1.06. The molecule has 0 aliphatic heterocycles. The van der Waals surface area contributed by atoms with Gasteiger partial charge in [-0.25, -0.2) is 0 Å². The van der Waals surface area contributed by atoms with Gasteiger partial charge in [-0.1, -0.05) is 0 Å². The molecule has 0 saturated heterocycles. The summed E-state index contributed by atoms with van der Waals surface area (Å²) in [5.74, 6) is 0.746. The molecule has 4 heteroatoms. The number of nitrogens with one attached hydrogen (secondary N) is 2. The van der Waals surface area contributed by atoms with Crippen LogP contribution in [0, 0.1) is 0 Å². The molecule has 0 aromatic heterocycles. The lowest BCUT2D eigenvalue weighted by molar-refractivity contribution is 0.869. The van der Waals surface area contributed by atoms with E-state index in [1.54, 1.807) is 13.3 Å². The van der Waals surface area contributed by atoms with Gasteiger partial charge in [0.25, 0.3) is 0 Å². The largest absolute Gasteiger partial charge is 0.311 e. The van der Waals surface area contributed by atoms with Crippen LogP contribution in [0.15, 0.2) is 10.2 Å². The molecule has 0 spiro atoms. The summed E-state index contributed by atoms with van der Waals surface area (Å²) in [6.45, 7) is 3.66. The average molecular weight is 128 g/mol. The summed E-state index contributed by atoms with van der Waals surface area (Å²) >= 11 is 0. The molecule has 0 fully saturated rings. The first-order chi connectivity index (χ1) is 4.31. The molecule has 4 nitrogen and oxygen atoms in total. The molecule has 0 rings (SSSR count). The lowest BCUT2D eigenvalue weighted by atomic mass is 10.7. The standard InChI is InChI=1S/C5H12N4/c1-4-7-9-5(2)8-6-3/h4,6H,1-3H3,(H,8,9)/b7-4-. The zero-order chi connectivity index (χ0) is 7.11. The molecule has 0 unspecified atom stereocenters. The normalized spacial score (nSPS) is 12.1. The fraction of sp³-hybridized carbons (Fsp3) is 0.600. The van der Waals surface area contributed by atoms with Gasteiger partial charge in [0.15, 0.2) is 0 Å². The van der Waals surface area contributed by atoms with Crippen molar-refractivity contribution in [3.63, 3.8) is 0 Å². The first-order valence-electron chi connectivity index (χ1n) is 2.76. The van der Waals surface area contributed by atoms with Crippen LogP contribution < -0.4 is 10.9 Å². The van der Waals surface area contributed by atoms with E-state index in [4.69, 9.17) is 0 Å². The molecule has 0 bridgehead atoms. The molecule has 0 saturated carbocycles. The van der Waals surface area contributed by atoms with E-state index in [9.17, 15) is 0 Å². The van der Waals surface area contributed by atoms with E-state index < -0.39 is 0 Å². The first-order valence-corrected chi connectivity index (χ1v) is 2.76. The van der Waals surface area contributed by atoms with Crippen molar-refractivity contribution in [1.29, 1.82) is 0 Å². The highest BCUT2D eigenvalue weighted by Gasteiger charge is 1.79. The summed E-state index contributed by atoms with van der Waals surface area (Å²) in [5.41, 5.74) is 5.32. The minimum Gasteiger partial charge on any atom is -0.311 e. The monoisotopic (exact) mass is 128 g/mol. The van der Waals surface area contributed by atoms with Crippen LogP contribution in [0.3, 0.4) is 0 Å². The van der Waals surface area contributed by atoms with Gasteiger partial charge in [0.05, 0.1) is 0 Å². The number of hydrogen-bond acceptors (Lipinski definition) is 3. The number of hydrazone groups is 2. The van der Waals surface area contributed by atoms with Crippen molar-refractivity contribution in [2.75, 3.05) is 7.05 Å². The molecule has 0 heterocycles. The van der Waals surface area contributed by atoms with Crippen LogP contribution in [0.4, 0.5) is 0 Å². The Morgan fingerprint density at radius 1 is 1.56 bits per heavy atom. The maximum absolute atomic E-state index is 3.80. The third-order valence-electron chi connectivity index (χ3n) is 0.635. The van der Waals surface area contributed by atoms with Gasteiger partial charge in [0, 0.05) is 13.3 Å². The fourth-order valence-corrected chi connectivity index (χ4v) is 0.351. The molecular formula is C5H12N4. The Bertz CT molecular complexity index is 116. The van der Waals surface area contributed by atoms with Crippen LogP contribution >= 0.6 is 0 Å². The predicted octanol–water partition coefficient (Wildman–Crippen LogP) is 0.134. The summed E-state index contributed by atoms with van der Waals surface area (Å²) in [7, 11) is 1.74. The molecule has 0 aliphatic rings. The highest BCUT2D eigenvalue weighted by Crippen LogP contribution is 1.65. The third-order valence-corrected chi connectivity index (χ3v) is 0.635. The molecule has 52 valence electrons. The van der Waals surface area contributed by atoms with E-state index >= 15 is 0 Å². The zero-order valence-corrected chi connectivity index (χ0v) is 5.97. The smallest absolute Gasteiger partial charge is 0.139 e. The Balaban J connectivity index is 3.49. The Morgan fingerprint density at radius 3 is 2.67 bits per heavy atom. The van der Waals surface area contributed by atoms with Gasteiger partial charge in [0.1, 0.15) is 5.84 Å². The predicted molar refractivity (Wildman–Crippen MR) is 39.5 cm³/mol. The zero-order valence-electron chi connectivity index (χ0n) is 5.97. The average Bonchev–Trinajstić information content (AvgIpc) is 1.85. The van der Waals surface area contributed by atoms with Gasteiger partial charge in [-0.15, -0.1) is 0 Å². The Morgan fingerprint density at radius 2 is 2.22 bits per heavy atom. The maximum Gasteiger partial charge on any atom is 0.139 e. The second-order valence-electron chi connectivity index (χ2n) is 1.42. The second kappa shape index (κ2) is 5.08. The number of rotatable bonds is 2. The van der Waals surface area contributed by atoms with E-state index in [1.807, 2.05) is 13.8 Å². The van der Waals surface area contributed by atoms with Gasteiger partial charge in [-0.2, -0.15) is 10.2 Å². The molecule has 0 amide bonds. The number of nitrogens with zero attached hydrogens (tertiary/aromatic N) is 2. The van der Waals surface area contributed by atoms with Crippen molar-refractivity contribution in [1.82, 2.24) is 10.9 Å². The van der Waals surface area contributed by atoms with Crippen LogP contribution in [0.1, 0.15) is 13.8 Å². The molecule has 0 aromatic carbocycles. The van der Waals surface area contributed by atoms with Crippen LogP contribution in [0.25, 0.3) is 0 Å². The van der Waals surface area contributed by atoms with Gasteiger partial charge in [-0.05, 0) is 13.8 Å². The number of hydrogen-bond donors (Lipinski definition) is 2. The lowest BCUT2D eigenvalue weighted by Gasteiger charge is -1.95. The summed E-state index contributed by atoms with van der Waals surface area (Å²) in [5, 5.41) is 7.55. The quantitative estimate of drug-likeness (QED) is 0.315. The second-order valence-corrected chi connectivity index (χ2v) is 1.42. The minimum atomic E-state index is 0.746. The summed E-state index contributed by atoms with van der Waals surface area (Å²) in [4.78, 5) is 0. The van der Waals surface area contributed by atoms with E-state index in [1.165, 1.54) is 0 Å². The van der Waals surface area contributed by atoms with Crippen molar-refractivity contribution in [2.45, 2.75) is 13.8 Å². The van der Waals surface area contributed by atoms with Gasteiger partial charge >= 0.3 is 0 Å². The van der Waals surface area contributed by atoms with Gasteiger partial charge in [-0.3, -0.25) is 5.43 Å². The van der Waals surface area contributed by atoms with Crippen molar-refractivity contribution in [3.8, 4) is 0 Å². The van der Waals surface area contributed by atoms with Gasteiger partial charge in [0.2, 0.25) is 0 Å². The maximum atomic E-state index is 3.80. The summed E-state index contributed by atoms with van der Waals surface area (Å²) in [6.07, 6.45) is 1.66. The molecule has 0 aliphatic carbocycles. The number of amidine groups is 1. The minimum absolute atomic E-state index is 0.746. The summed E-state index contributed by atoms with van der Waals surface area (Å²) < 4.78 is 0. The SMILES string of the molecule is C/C=N\NC(C)=NNC. The molecule has 9 heavy (non-hydrogen) atoms. The third kappa shape index (κ3) is 4.80. The van der Waals surface area contributed by atoms with E-state index in [0.29, 0.717) is 0 Å². The Kier molecular flexibility index (Phi) is 4.49. The highest BCUT2D eigenvalue weighted by molar-refractivity contribution is 5.79.